The molecule has 0 amide bonds. The lowest BCUT2D eigenvalue weighted by Crippen LogP contribution is -2.30. The first-order valence-corrected chi connectivity index (χ1v) is 34.1. The van der Waals surface area contributed by atoms with Crippen molar-refractivity contribution in [2.45, 2.75) is 348 Å². The van der Waals surface area contributed by atoms with Crippen LogP contribution in [0.3, 0.4) is 0 Å². The van der Waals surface area contributed by atoms with Crippen molar-refractivity contribution < 1.29 is 28.6 Å². The van der Waals surface area contributed by atoms with Gasteiger partial charge in [0.2, 0.25) is 0 Å². The molecule has 0 aliphatic carbocycles. The Kier molecular flexibility index (Phi) is 64.2. The first kappa shape index (κ1) is 75.6. The van der Waals surface area contributed by atoms with Gasteiger partial charge in [-0.15, -0.1) is 0 Å². The Labute approximate surface area is 490 Å². The van der Waals surface area contributed by atoms with Gasteiger partial charge in [-0.25, -0.2) is 0 Å². The molecule has 6 heteroatoms. The molecule has 0 aromatic rings. The Bertz CT molecular complexity index is 1500. The average molecular weight is 1100 g/mol. The zero-order valence-electron chi connectivity index (χ0n) is 52.4. The van der Waals surface area contributed by atoms with Gasteiger partial charge in [-0.1, -0.05) is 298 Å². The second-order valence-corrected chi connectivity index (χ2v) is 22.7. The topological polar surface area (TPSA) is 78.9 Å². The van der Waals surface area contributed by atoms with Crippen molar-refractivity contribution in [2.75, 3.05) is 13.2 Å². The minimum atomic E-state index is -0.784. The molecule has 0 fully saturated rings. The fraction of sp³-hybridized carbons (Fsp3) is 0.767. The Morgan fingerprint density at radius 2 is 0.519 bits per heavy atom. The summed E-state index contributed by atoms with van der Waals surface area (Å²) in [6.45, 7) is 6.49. The van der Waals surface area contributed by atoms with Crippen LogP contribution in [-0.2, 0) is 28.6 Å². The van der Waals surface area contributed by atoms with Gasteiger partial charge in [-0.05, 0) is 109 Å². The molecular weight excluding hydrogens is 973 g/mol. The number of rotatable bonds is 62. The molecule has 0 N–H and O–H groups in total. The van der Waals surface area contributed by atoms with Gasteiger partial charge in [0.1, 0.15) is 13.2 Å². The number of hydrogen-bond donors (Lipinski definition) is 0. The van der Waals surface area contributed by atoms with Gasteiger partial charge in [0.05, 0.1) is 0 Å². The van der Waals surface area contributed by atoms with Crippen LogP contribution in [0.25, 0.3) is 0 Å². The van der Waals surface area contributed by atoms with Crippen LogP contribution < -0.4 is 0 Å². The zero-order valence-corrected chi connectivity index (χ0v) is 52.4. The molecule has 0 aliphatic rings. The summed E-state index contributed by atoms with van der Waals surface area (Å²) in [5.74, 6) is -0.881. The van der Waals surface area contributed by atoms with E-state index in [9.17, 15) is 14.4 Å². The van der Waals surface area contributed by atoms with Crippen molar-refractivity contribution in [3.8, 4) is 0 Å². The second kappa shape index (κ2) is 67.1. The van der Waals surface area contributed by atoms with E-state index in [1.165, 1.54) is 193 Å². The summed E-state index contributed by atoms with van der Waals surface area (Å²) in [6, 6.07) is 0. The number of carbonyl (C=O) groups excluding carboxylic acids is 3. The van der Waals surface area contributed by atoms with Crippen LogP contribution in [0, 0.1) is 0 Å². The number of unbranched alkanes of at least 4 members (excludes halogenated alkanes) is 37. The molecule has 79 heavy (non-hydrogen) atoms. The zero-order chi connectivity index (χ0) is 57.1. The molecule has 0 saturated heterocycles. The maximum absolute atomic E-state index is 12.9. The minimum Gasteiger partial charge on any atom is -0.462 e. The quantitative estimate of drug-likeness (QED) is 0.0261. The van der Waals surface area contributed by atoms with Crippen LogP contribution in [0.5, 0.6) is 0 Å². The van der Waals surface area contributed by atoms with Gasteiger partial charge in [-0.3, -0.25) is 14.4 Å². The number of allylic oxidation sites excluding steroid dienone is 14. The van der Waals surface area contributed by atoms with Crippen LogP contribution in [0.4, 0.5) is 0 Å². The Morgan fingerprint density at radius 1 is 0.266 bits per heavy atom. The first-order valence-electron chi connectivity index (χ1n) is 34.1. The Morgan fingerprint density at radius 3 is 0.835 bits per heavy atom. The Balaban J connectivity index is 4.27. The summed E-state index contributed by atoms with van der Waals surface area (Å²) in [6.07, 6.45) is 88.9. The number of carbonyl (C=O) groups is 3. The second-order valence-electron chi connectivity index (χ2n) is 22.7. The minimum absolute atomic E-state index is 0.0798. The summed E-state index contributed by atoms with van der Waals surface area (Å²) in [7, 11) is 0. The van der Waals surface area contributed by atoms with Gasteiger partial charge in [0.25, 0.3) is 0 Å². The predicted molar refractivity (Wildman–Crippen MR) is 344 cm³/mol. The Hall–Kier alpha value is -3.41. The predicted octanol–water partition coefficient (Wildman–Crippen LogP) is 23.4. The highest BCUT2D eigenvalue weighted by Crippen LogP contribution is 2.17. The maximum atomic E-state index is 12.9. The van der Waals surface area contributed by atoms with E-state index in [0.717, 1.165) is 109 Å². The molecule has 0 bridgehead atoms. The molecule has 6 nitrogen and oxygen atoms in total. The van der Waals surface area contributed by atoms with Crippen molar-refractivity contribution in [3.63, 3.8) is 0 Å². The summed E-state index contributed by atoms with van der Waals surface area (Å²) in [5, 5.41) is 0. The SMILES string of the molecule is CC/C=C\C/C=C\C/C=C\C/C=C\CCCCCCCCCCCCCCCCC(=O)OCC(COC(=O)CCCCCCC/C=C\C/C=C\CCC)OC(=O)CCCCCCCCCCC/C=C\CCCCCCCCCC. The molecule has 0 radical (unpaired) electrons. The van der Waals surface area contributed by atoms with Crippen molar-refractivity contribution in [1.82, 2.24) is 0 Å². The standard InChI is InChI=1S/C73H128O6/c1-4-7-10-13-16-19-22-25-27-29-31-33-34-35-36-37-38-40-41-43-45-48-51-54-57-60-63-66-72(75)78-69-70(68-77-71(74)65-62-59-56-53-50-47-24-21-18-15-12-9-6-3)79-73(76)67-64-61-58-55-52-49-46-44-42-39-32-30-28-26-23-20-17-14-11-8-5-2/h7,10,12,15-16,19,21,24-25,27,30-33,70H,4-6,8-9,11,13-14,17-18,20,22-23,26,28-29,34-69H2,1-3H3/b10-7-,15-12-,19-16-,24-21-,27-25-,32-30-,33-31-. The molecule has 0 aliphatic heterocycles. The third kappa shape index (κ3) is 65.3. The summed E-state index contributed by atoms with van der Waals surface area (Å²) in [5.41, 5.74) is 0. The van der Waals surface area contributed by atoms with Crippen molar-refractivity contribution >= 4 is 17.9 Å². The highest BCUT2D eigenvalue weighted by molar-refractivity contribution is 5.71. The van der Waals surface area contributed by atoms with E-state index in [0.29, 0.717) is 19.3 Å². The number of ether oxygens (including phenoxy) is 3. The molecule has 1 unspecified atom stereocenters. The molecule has 0 spiro atoms. The fourth-order valence-electron chi connectivity index (χ4n) is 9.76. The first-order chi connectivity index (χ1) is 39.0. The van der Waals surface area contributed by atoms with Crippen LogP contribution in [-0.4, -0.2) is 37.2 Å². The van der Waals surface area contributed by atoms with E-state index in [-0.39, 0.29) is 31.1 Å². The van der Waals surface area contributed by atoms with E-state index in [2.05, 4.69) is 106 Å². The monoisotopic (exact) mass is 1100 g/mol. The molecule has 0 saturated carbocycles. The molecule has 1 atom stereocenters. The lowest BCUT2D eigenvalue weighted by molar-refractivity contribution is -0.167. The van der Waals surface area contributed by atoms with E-state index in [1.807, 2.05) is 0 Å². The van der Waals surface area contributed by atoms with Gasteiger partial charge in [-0.2, -0.15) is 0 Å². The lowest BCUT2D eigenvalue weighted by atomic mass is 10.0. The summed E-state index contributed by atoms with van der Waals surface area (Å²) < 4.78 is 17.0. The van der Waals surface area contributed by atoms with E-state index in [4.69, 9.17) is 14.2 Å². The van der Waals surface area contributed by atoms with Crippen LogP contribution >= 0.6 is 0 Å². The molecular formula is C73H128O6. The number of hydrogen-bond acceptors (Lipinski definition) is 6. The van der Waals surface area contributed by atoms with Gasteiger partial charge < -0.3 is 14.2 Å². The lowest BCUT2D eigenvalue weighted by Gasteiger charge is -2.18. The van der Waals surface area contributed by atoms with Crippen molar-refractivity contribution in [3.05, 3.63) is 85.1 Å². The molecule has 0 rings (SSSR count). The maximum Gasteiger partial charge on any atom is 0.306 e. The highest BCUT2D eigenvalue weighted by Gasteiger charge is 2.19. The average Bonchev–Trinajstić information content (AvgIpc) is 3.45. The van der Waals surface area contributed by atoms with Crippen LogP contribution in [0.15, 0.2) is 85.1 Å². The third-order valence-corrected chi connectivity index (χ3v) is 14.8. The summed E-state index contributed by atoms with van der Waals surface area (Å²) >= 11 is 0. The van der Waals surface area contributed by atoms with Crippen LogP contribution in [0.1, 0.15) is 342 Å². The normalized spacial score (nSPS) is 12.6. The van der Waals surface area contributed by atoms with Crippen molar-refractivity contribution in [2.24, 2.45) is 0 Å². The van der Waals surface area contributed by atoms with Crippen molar-refractivity contribution in [1.29, 1.82) is 0 Å². The molecule has 0 aromatic carbocycles. The largest absolute Gasteiger partial charge is 0.462 e. The fourth-order valence-corrected chi connectivity index (χ4v) is 9.76. The number of esters is 3. The van der Waals surface area contributed by atoms with E-state index in [1.54, 1.807) is 0 Å². The molecule has 0 aromatic heterocycles. The van der Waals surface area contributed by atoms with Crippen LogP contribution in [0.2, 0.25) is 0 Å². The summed E-state index contributed by atoms with van der Waals surface area (Å²) in [4.78, 5) is 38.4. The van der Waals surface area contributed by atoms with E-state index >= 15 is 0 Å². The van der Waals surface area contributed by atoms with E-state index < -0.39 is 6.10 Å². The molecule has 456 valence electrons. The van der Waals surface area contributed by atoms with Gasteiger partial charge in [0.15, 0.2) is 6.10 Å². The highest BCUT2D eigenvalue weighted by atomic mass is 16.6. The van der Waals surface area contributed by atoms with Gasteiger partial charge in [0, 0.05) is 19.3 Å². The van der Waals surface area contributed by atoms with Gasteiger partial charge >= 0.3 is 17.9 Å². The smallest absolute Gasteiger partial charge is 0.306 e. The third-order valence-electron chi connectivity index (χ3n) is 14.8. The molecule has 0 heterocycles.